The van der Waals surface area contributed by atoms with Crippen molar-refractivity contribution in [3.63, 3.8) is 0 Å². The van der Waals surface area contributed by atoms with Crippen LogP contribution >= 0.6 is 0 Å². The van der Waals surface area contributed by atoms with Crippen molar-refractivity contribution in [1.29, 1.82) is 0 Å². The molecular formula is C20H24F2N4O2. The van der Waals surface area contributed by atoms with Gasteiger partial charge in [-0.2, -0.15) is 5.10 Å². The van der Waals surface area contributed by atoms with Gasteiger partial charge in [-0.25, -0.2) is 13.5 Å². The van der Waals surface area contributed by atoms with E-state index in [0.717, 1.165) is 49.2 Å². The number of piperidine rings is 1. The summed E-state index contributed by atoms with van der Waals surface area (Å²) in [6.07, 6.45) is 5.24. The molecule has 0 bridgehead atoms. The summed E-state index contributed by atoms with van der Waals surface area (Å²) in [5.41, 5.74) is 0.0158. The molecule has 2 aliphatic heterocycles. The lowest BCUT2D eigenvalue weighted by molar-refractivity contribution is -0.0180. The second kappa shape index (κ2) is 7.16. The molecule has 2 saturated heterocycles. The van der Waals surface area contributed by atoms with E-state index in [1.807, 2.05) is 0 Å². The Bertz CT molecular complexity index is 886. The minimum atomic E-state index is -0.818. The van der Waals surface area contributed by atoms with Crippen molar-refractivity contribution in [2.45, 2.75) is 38.1 Å². The maximum absolute atomic E-state index is 14.0. The molecule has 150 valence electrons. The number of carbonyl (C=O) groups is 1. The number of benzene rings is 1. The monoisotopic (exact) mass is 390 g/mol. The fourth-order valence-corrected chi connectivity index (χ4v) is 4.27. The number of hydrogen-bond donors (Lipinski definition) is 1. The molecule has 0 atom stereocenters. The number of likely N-dealkylation sites (tertiary alicyclic amines) is 2. The van der Waals surface area contributed by atoms with Gasteiger partial charge in [0.05, 0.1) is 6.20 Å². The van der Waals surface area contributed by atoms with Gasteiger partial charge in [0.25, 0.3) is 5.91 Å². The Labute approximate surface area is 162 Å². The van der Waals surface area contributed by atoms with Crippen molar-refractivity contribution in [3.05, 3.63) is 41.7 Å². The molecule has 1 amide bonds. The lowest BCUT2D eigenvalue weighted by Crippen LogP contribution is -2.60. The van der Waals surface area contributed by atoms with Crippen molar-refractivity contribution in [2.75, 3.05) is 26.2 Å². The van der Waals surface area contributed by atoms with E-state index in [9.17, 15) is 18.7 Å². The van der Waals surface area contributed by atoms with Gasteiger partial charge in [0.2, 0.25) is 0 Å². The van der Waals surface area contributed by atoms with Crippen LogP contribution in [0, 0.1) is 11.6 Å². The van der Waals surface area contributed by atoms with Gasteiger partial charge >= 0.3 is 0 Å². The smallest absolute Gasteiger partial charge is 0.278 e. The number of carbonyl (C=O) groups excluding carboxylic acids is 1. The Morgan fingerprint density at radius 3 is 2.50 bits per heavy atom. The van der Waals surface area contributed by atoms with E-state index in [2.05, 4.69) is 16.9 Å². The molecule has 28 heavy (non-hydrogen) atoms. The molecule has 0 aliphatic carbocycles. The van der Waals surface area contributed by atoms with Gasteiger partial charge in [-0.05, 0) is 50.9 Å². The summed E-state index contributed by atoms with van der Waals surface area (Å²) in [5.74, 6) is -2.21. The topological polar surface area (TPSA) is 61.6 Å². The zero-order valence-electron chi connectivity index (χ0n) is 15.9. The van der Waals surface area contributed by atoms with E-state index in [1.54, 1.807) is 4.90 Å². The predicted molar refractivity (Wildman–Crippen MR) is 99.5 cm³/mol. The highest BCUT2D eigenvalue weighted by molar-refractivity contribution is 5.95. The summed E-state index contributed by atoms with van der Waals surface area (Å²) in [5, 5.41) is 14.3. The summed E-state index contributed by atoms with van der Waals surface area (Å²) in [6, 6.07) is 3.05. The van der Waals surface area contributed by atoms with Gasteiger partial charge in [-0.1, -0.05) is 6.92 Å². The van der Waals surface area contributed by atoms with E-state index >= 15 is 0 Å². The van der Waals surface area contributed by atoms with Gasteiger partial charge in [0.15, 0.2) is 17.3 Å². The number of nitrogens with zero attached hydrogens (tertiary/aromatic N) is 4. The SMILES string of the molecule is CCC1(N2CCC2)CCN(C(=O)c2nn(-c3ccc(F)cc3F)cc2O)CC1. The normalized spacial score (nSPS) is 19.5. The minimum absolute atomic E-state index is 0.0304. The Morgan fingerprint density at radius 2 is 1.93 bits per heavy atom. The van der Waals surface area contributed by atoms with Crippen LogP contribution in [0.5, 0.6) is 5.75 Å². The predicted octanol–water partition coefficient (Wildman–Crippen LogP) is 2.95. The molecule has 0 saturated carbocycles. The number of hydrogen-bond acceptors (Lipinski definition) is 4. The number of rotatable bonds is 4. The molecule has 1 aromatic heterocycles. The van der Waals surface area contributed by atoms with Crippen LogP contribution in [0.3, 0.4) is 0 Å². The third-order valence-electron chi connectivity index (χ3n) is 6.22. The van der Waals surface area contributed by atoms with Crippen molar-refractivity contribution in [2.24, 2.45) is 0 Å². The van der Waals surface area contributed by atoms with Crippen molar-refractivity contribution in [1.82, 2.24) is 19.6 Å². The van der Waals surface area contributed by atoms with Crippen LogP contribution in [-0.2, 0) is 0 Å². The molecular weight excluding hydrogens is 366 g/mol. The highest BCUT2D eigenvalue weighted by Gasteiger charge is 2.42. The van der Waals surface area contributed by atoms with Crippen LogP contribution in [-0.4, -0.2) is 62.3 Å². The second-order valence-electron chi connectivity index (χ2n) is 7.61. The first-order valence-electron chi connectivity index (χ1n) is 9.72. The fraction of sp³-hybridized carbons (Fsp3) is 0.500. The van der Waals surface area contributed by atoms with E-state index in [1.165, 1.54) is 18.7 Å². The van der Waals surface area contributed by atoms with E-state index in [-0.39, 0.29) is 28.6 Å². The molecule has 2 fully saturated rings. The number of aromatic nitrogens is 2. The van der Waals surface area contributed by atoms with Gasteiger partial charge < -0.3 is 10.0 Å². The standard InChI is InChI=1S/C20H24F2N4O2/c1-2-20(25-8-3-9-25)6-10-24(11-7-20)19(28)18-17(27)13-26(23-18)16-5-4-14(21)12-15(16)22/h4-5,12-13,27H,2-3,6-11H2,1H3. The lowest BCUT2D eigenvalue weighted by atomic mass is 9.81. The van der Waals surface area contributed by atoms with E-state index in [0.29, 0.717) is 13.1 Å². The van der Waals surface area contributed by atoms with Crippen molar-refractivity contribution < 1.29 is 18.7 Å². The fourth-order valence-electron chi connectivity index (χ4n) is 4.27. The van der Waals surface area contributed by atoms with Crippen LogP contribution in [0.15, 0.2) is 24.4 Å². The van der Waals surface area contributed by atoms with Gasteiger partial charge in [-0.15, -0.1) is 0 Å². The minimum Gasteiger partial charge on any atom is -0.504 e. The molecule has 0 unspecified atom stereocenters. The first-order valence-corrected chi connectivity index (χ1v) is 9.72. The molecule has 2 aromatic rings. The first kappa shape index (κ1) is 18.9. The van der Waals surface area contributed by atoms with Gasteiger partial charge in [0, 0.05) is 24.7 Å². The third kappa shape index (κ3) is 3.15. The Morgan fingerprint density at radius 1 is 1.21 bits per heavy atom. The van der Waals surface area contributed by atoms with Crippen LogP contribution in [0.1, 0.15) is 43.1 Å². The quantitative estimate of drug-likeness (QED) is 0.872. The summed E-state index contributed by atoms with van der Waals surface area (Å²) in [4.78, 5) is 17.1. The molecule has 1 N–H and O–H groups in total. The van der Waals surface area contributed by atoms with Crippen LogP contribution in [0.25, 0.3) is 5.69 Å². The van der Waals surface area contributed by atoms with E-state index < -0.39 is 11.6 Å². The Hall–Kier alpha value is -2.48. The molecule has 0 spiro atoms. The zero-order valence-corrected chi connectivity index (χ0v) is 15.9. The second-order valence-corrected chi connectivity index (χ2v) is 7.61. The number of halogens is 2. The highest BCUT2D eigenvalue weighted by Crippen LogP contribution is 2.36. The molecule has 1 aromatic carbocycles. The van der Waals surface area contributed by atoms with Crippen LogP contribution in [0.4, 0.5) is 8.78 Å². The maximum atomic E-state index is 14.0. The average Bonchev–Trinajstić information content (AvgIpc) is 3.01. The zero-order chi connectivity index (χ0) is 19.9. The highest BCUT2D eigenvalue weighted by atomic mass is 19.1. The number of aromatic hydroxyl groups is 1. The van der Waals surface area contributed by atoms with Crippen molar-refractivity contribution in [3.8, 4) is 11.4 Å². The summed E-state index contributed by atoms with van der Waals surface area (Å²) in [6.45, 7) is 5.63. The Balaban J connectivity index is 1.51. The maximum Gasteiger partial charge on any atom is 0.278 e. The molecule has 6 nitrogen and oxygen atoms in total. The average molecular weight is 390 g/mol. The Kier molecular flexibility index (Phi) is 4.82. The molecule has 0 radical (unpaired) electrons. The van der Waals surface area contributed by atoms with Crippen LogP contribution in [0.2, 0.25) is 0 Å². The van der Waals surface area contributed by atoms with Crippen LogP contribution < -0.4 is 0 Å². The lowest BCUT2D eigenvalue weighted by Gasteiger charge is -2.52. The molecule has 8 heteroatoms. The molecule has 3 heterocycles. The summed E-state index contributed by atoms with van der Waals surface area (Å²) < 4.78 is 28.2. The van der Waals surface area contributed by atoms with Gasteiger partial charge in [0.1, 0.15) is 11.5 Å². The number of amides is 1. The summed E-state index contributed by atoms with van der Waals surface area (Å²) >= 11 is 0. The molecule has 4 rings (SSSR count). The summed E-state index contributed by atoms with van der Waals surface area (Å²) in [7, 11) is 0. The van der Waals surface area contributed by atoms with E-state index in [4.69, 9.17) is 0 Å². The van der Waals surface area contributed by atoms with Crippen molar-refractivity contribution >= 4 is 5.91 Å². The molecule has 2 aliphatic rings. The first-order chi connectivity index (χ1) is 13.4. The van der Waals surface area contributed by atoms with Gasteiger partial charge in [-0.3, -0.25) is 9.69 Å². The largest absolute Gasteiger partial charge is 0.504 e. The third-order valence-corrected chi connectivity index (χ3v) is 6.22.